The van der Waals surface area contributed by atoms with E-state index in [0.717, 1.165) is 22.6 Å². The molecule has 1 aromatic carbocycles. The van der Waals surface area contributed by atoms with Crippen LogP contribution in [0.3, 0.4) is 0 Å². The van der Waals surface area contributed by atoms with Crippen molar-refractivity contribution in [3.05, 3.63) is 53.2 Å². The van der Waals surface area contributed by atoms with Crippen LogP contribution in [-0.2, 0) is 13.2 Å². The van der Waals surface area contributed by atoms with Crippen LogP contribution in [0.25, 0.3) is 11.4 Å². The van der Waals surface area contributed by atoms with Crippen molar-refractivity contribution in [2.45, 2.75) is 38.4 Å². The van der Waals surface area contributed by atoms with E-state index in [9.17, 15) is 26.7 Å². The molecule has 0 aliphatic carbocycles. The Morgan fingerprint density at radius 1 is 1.22 bits per heavy atom. The van der Waals surface area contributed by atoms with Crippen LogP contribution in [0.1, 0.15) is 34.8 Å². The van der Waals surface area contributed by atoms with E-state index in [-0.39, 0.29) is 23.8 Å². The second kappa shape index (κ2) is 9.43. The van der Waals surface area contributed by atoms with Gasteiger partial charge in [-0.15, -0.1) is 10.2 Å². The molecule has 0 bridgehead atoms. The molecule has 36 heavy (non-hydrogen) atoms. The lowest BCUT2D eigenvalue weighted by molar-refractivity contribution is -0.137. The normalized spacial score (nSPS) is 19.8. The third kappa shape index (κ3) is 5.44. The van der Waals surface area contributed by atoms with Gasteiger partial charge >= 0.3 is 6.18 Å². The molecule has 3 heterocycles. The Labute approximate surface area is 203 Å². The topological polar surface area (TPSA) is 88.8 Å². The first kappa shape index (κ1) is 25.5. The molecule has 1 amide bonds. The van der Waals surface area contributed by atoms with Gasteiger partial charge in [-0.2, -0.15) is 18.0 Å². The maximum Gasteiger partial charge on any atom is 0.417 e. The van der Waals surface area contributed by atoms with Crippen molar-refractivity contribution >= 4 is 11.7 Å². The summed E-state index contributed by atoms with van der Waals surface area (Å²) in [4.78, 5) is 19.8. The SMILES string of the molecule is Cc1ccc(-c2nnn(C)n2)c(C(=O)N2CC(F)(F)CC(C)C2CNc2ccc(C(F)(F)F)cn2)c1. The van der Waals surface area contributed by atoms with Crippen molar-refractivity contribution < 1.29 is 26.7 Å². The largest absolute Gasteiger partial charge is 0.417 e. The van der Waals surface area contributed by atoms with Gasteiger partial charge in [0.25, 0.3) is 11.8 Å². The number of nitrogens with one attached hydrogen (secondary N) is 1. The average Bonchev–Trinajstić information content (AvgIpc) is 3.22. The van der Waals surface area contributed by atoms with Crippen LogP contribution in [-0.4, -0.2) is 61.1 Å². The lowest BCUT2D eigenvalue weighted by atomic mass is 9.87. The molecule has 1 aliphatic heterocycles. The van der Waals surface area contributed by atoms with Gasteiger partial charge in [-0.25, -0.2) is 13.8 Å². The lowest BCUT2D eigenvalue weighted by Gasteiger charge is -2.43. The van der Waals surface area contributed by atoms with E-state index >= 15 is 0 Å². The minimum absolute atomic E-state index is 0.0197. The number of hydrogen-bond donors (Lipinski definition) is 1. The Morgan fingerprint density at radius 3 is 2.58 bits per heavy atom. The molecule has 0 radical (unpaired) electrons. The fourth-order valence-electron chi connectivity index (χ4n) is 4.33. The highest BCUT2D eigenvalue weighted by Gasteiger charge is 2.46. The number of anilines is 1. The number of likely N-dealkylation sites (tertiary alicyclic amines) is 1. The molecule has 1 fully saturated rings. The maximum absolute atomic E-state index is 14.6. The monoisotopic (exact) mass is 509 g/mol. The molecule has 0 spiro atoms. The van der Waals surface area contributed by atoms with Crippen molar-refractivity contribution in [3.8, 4) is 11.4 Å². The summed E-state index contributed by atoms with van der Waals surface area (Å²) < 4.78 is 67.7. The molecule has 1 saturated heterocycles. The molecule has 192 valence electrons. The molecule has 3 aromatic rings. The van der Waals surface area contributed by atoms with E-state index in [1.54, 1.807) is 39.1 Å². The molecule has 2 aromatic heterocycles. The first-order chi connectivity index (χ1) is 16.8. The quantitative estimate of drug-likeness (QED) is 0.519. The molecule has 2 unspecified atom stereocenters. The lowest BCUT2D eigenvalue weighted by Crippen LogP contribution is -2.57. The van der Waals surface area contributed by atoms with Crippen LogP contribution in [0.2, 0.25) is 0 Å². The number of rotatable bonds is 5. The van der Waals surface area contributed by atoms with Crippen molar-refractivity contribution in [1.82, 2.24) is 30.1 Å². The van der Waals surface area contributed by atoms with E-state index in [1.165, 1.54) is 4.80 Å². The predicted molar refractivity (Wildman–Crippen MR) is 120 cm³/mol. The molecule has 2 atom stereocenters. The number of aromatic nitrogens is 5. The highest BCUT2D eigenvalue weighted by Crippen LogP contribution is 2.36. The summed E-state index contributed by atoms with van der Waals surface area (Å²) in [5.74, 6) is -4.02. The summed E-state index contributed by atoms with van der Waals surface area (Å²) >= 11 is 0. The Bertz CT molecular complexity index is 1240. The third-order valence-electron chi connectivity index (χ3n) is 6.08. The average molecular weight is 509 g/mol. The Morgan fingerprint density at radius 2 is 1.97 bits per heavy atom. The van der Waals surface area contributed by atoms with Crippen LogP contribution in [0.4, 0.5) is 27.8 Å². The molecule has 1 aliphatic rings. The number of nitrogens with zero attached hydrogens (tertiary/aromatic N) is 6. The minimum Gasteiger partial charge on any atom is -0.368 e. The smallest absolute Gasteiger partial charge is 0.368 e. The van der Waals surface area contributed by atoms with Crippen molar-refractivity contribution in [1.29, 1.82) is 0 Å². The molecular formula is C23H24F5N7O. The highest BCUT2D eigenvalue weighted by atomic mass is 19.4. The first-order valence-corrected chi connectivity index (χ1v) is 11.1. The molecule has 4 rings (SSSR count). The Balaban J connectivity index is 1.63. The zero-order valence-electron chi connectivity index (χ0n) is 19.7. The number of tetrazole rings is 1. The molecule has 1 N–H and O–H groups in total. The molecular weight excluding hydrogens is 485 g/mol. The Kier molecular flexibility index (Phi) is 6.67. The standard InChI is InChI=1S/C23H24F5N7O/c1-13-4-6-16(20-31-33-34(3)32-20)17(8-13)21(36)35-12-22(24,25)9-14(2)18(35)11-30-19-7-5-15(10-29-19)23(26,27)28/h4-8,10,14,18H,9,11-12H2,1-3H3,(H,29,30). The second-order valence-electron chi connectivity index (χ2n) is 9.00. The van der Waals surface area contributed by atoms with E-state index in [1.807, 2.05) is 0 Å². The number of carbonyl (C=O) groups is 1. The number of benzene rings is 1. The molecule has 8 nitrogen and oxygen atoms in total. The van der Waals surface area contributed by atoms with E-state index < -0.39 is 48.5 Å². The number of piperidine rings is 1. The summed E-state index contributed by atoms with van der Waals surface area (Å²) in [5, 5.41) is 14.8. The zero-order chi connectivity index (χ0) is 26.3. The highest BCUT2D eigenvalue weighted by molar-refractivity contribution is 6.00. The van der Waals surface area contributed by atoms with Gasteiger partial charge in [0.15, 0.2) is 0 Å². The van der Waals surface area contributed by atoms with Gasteiger partial charge in [0.05, 0.1) is 30.8 Å². The van der Waals surface area contributed by atoms with E-state index in [4.69, 9.17) is 0 Å². The van der Waals surface area contributed by atoms with Crippen molar-refractivity contribution in [3.63, 3.8) is 0 Å². The van der Waals surface area contributed by atoms with Gasteiger partial charge in [-0.3, -0.25) is 4.79 Å². The summed E-state index contributed by atoms with van der Waals surface area (Å²) in [6.45, 7) is 2.60. The Hall–Kier alpha value is -3.64. The number of halogens is 5. The second-order valence-corrected chi connectivity index (χ2v) is 9.00. The predicted octanol–water partition coefficient (Wildman–Crippen LogP) is 4.20. The van der Waals surface area contributed by atoms with Gasteiger partial charge < -0.3 is 10.2 Å². The van der Waals surface area contributed by atoms with Gasteiger partial charge in [-0.05, 0) is 42.3 Å². The first-order valence-electron chi connectivity index (χ1n) is 11.1. The van der Waals surface area contributed by atoms with Gasteiger partial charge in [-0.1, -0.05) is 18.6 Å². The van der Waals surface area contributed by atoms with E-state index in [2.05, 4.69) is 25.7 Å². The number of aryl methyl sites for hydroxylation is 2. The number of amides is 1. The van der Waals surface area contributed by atoms with Crippen LogP contribution in [0.5, 0.6) is 0 Å². The fraction of sp³-hybridized carbons (Fsp3) is 0.435. The summed E-state index contributed by atoms with van der Waals surface area (Å²) in [7, 11) is 1.57. The third-order valence-corrected chi connectivity index (χ3v) is 6.08. The van der Waals surface area contributed by atoms with E-state index in [0.29, 0.717) is 11.8 Å². The van der Waals surface area contributed by atoms with Crippen LogP contribution < -0.4 is 5.32 Å². The van der Waals surface area contributed by atoms with Crippen LogP contribution >= 0.6 is 0 Å². The van der Waals surface area contributed by atoms with Gasteiger partial charge in [0.1, 0.15) is 5.82 Å². The number of pyridine rings is 1. The number of carbonyl (C=O) groups excluding carboxylic acids is 1. The summed E-state index contributed by atoms with van der Waals surface area (Å²) in [6, 6.07) is 6.35. The minimum atomic E-state index is -4.53. The van der Waals surface area contributed by atoms with Crippen molar-refractivity contribution in [2.24, 2.45) is 13.0 Å². The zero-order valence-corrected chi connectivity index (χ0v) is 19.7. The van der Waals surface area contributed by atoms with Crippen molar-refractivity contribution in [2.75, 3.05) is 18.4 Å². The van der Waals surface area contributed by atoms with Gasteiger partial charge in [0.2, 0.25) is 5.82 Å². The van der Waals surface area contributed by atoms with Crippen LogP contribution in [0, 0.1) is 12.8 Å². The number of hydrogen-bond acceptors (Lipinski definition) is 6. The summed E-state index contributed by atoms with van der Waals surface area (Å²) in [6.07, 6.45) is -4.27. The van der Waals surface area contributed by atoms with Crippen LogP contribution in [0.15, 0.2) is 36.5 Å². The summed E-state index contributed by atoms with van der Waals surface area (Å²) in [5.41, 5.74) is 0.355. The molecule has 0 saturated carbocycles. The molecule has 13 heteroatoms. The van der Waals surface area contributed by atoms with Gasteiger partial charge in [0, 0.05) is 24.7 Å². The fourth-order valence-corrected chi connectivity index (χ4v) is 4.33. The maximum atomic E-state index is 14.6. The number of alkyl halides is 5.